The lowest BCUT2D eigenvalue weighted by Gasteiger charge is -2.37. The molecule has 2 heterocycles. The number of hydrogen-bond acceptors (Lipinski definition) is 4. The molecule has 2 fully saturated rings. The van der Waals surface area contributed by atoms with Crippen molar-refractivity contribution in [3.63, 3.8) is 0 Å². The third-order valence-electron chi connectivity index (χ3n) is 5.81. The van der Waals surface area contributed by atoms with Gasteiger partial charge < -0.3 is 9.80 Å². The normalized spacial score (nSPS) is 18.8. The molecule has 1 saturated carbocycles. The molecule has 1 aromatic heterocycles. The Morgan fingerprint density at radius 2 is 1.60 bits per heavy atom. The molecule has 1 aromatic rings. The predicted octanol–water partition coefficient (Wildman–Crippen LogP) is 0.621. The maximum absolute atomic E-state index is 12.5. The minimum absolute atomic E-state index is 0.247. The van der Waals surface area contributed by atoms with Crippen molar-refractivity contribution < 1.29 is 4.79 Å². The molecule has 3 rings (SSSR count). The molecule has 0 radical (unpaired) electrons. The molecule has 0 N–H and O–H groups in total. The molecule has 0 bridgehead atoms. The number of carbonyl (C=O) groups is 1. The van der Waals surface area contributed by atoms with Crippen LogP contribution in [-0.4, -0.2) is 46.1 Å². The van der Waals surface area contributed by atoms with Gasteiger partial charge in [0.2, 0.25) is 5.91 Å². The molecule has 0 atom stereocenters. The number of anilines is 1. The van der Waals surface area contributed by atoms with E-state index in [9.17, 15) is 14.4 Å². The first-order chi connectivity index (χ1) is 11.9. The molecule has 0 unspecified atom stereocenters. The Bertz CT molecular complexity index is 766. The predicted molar refractivity (Wildman–Crippen MR) is 97.0 cm³/mol. The molecular weight excluding hydrogens is 320 g/mol. The van der Waals surface area contributed by atoms with E-state index in [1.165, 1.54) is 37.3 Å². The van der Waals surface area contributed by atoms with Crippen molar-refractivity contribution >= 4 is 11.6 Å². The SMILES string of the molecule is Cc1c(N2CCN(C(=O)CC3CCCC3)CC2)c(=O)n(C)c(=O)n1C. The van der Waals surface area contributed by atoms with Crippen LogP contribution in [0.4, 0.5) is 5.69 Å². The van der Waals surface area contributed by atoms with Gasteiger partial charge in [0.05, 0.1) is 0 Å². The molecule has 1 saturated heterocycles. The van der Waals surface area contributed by atoms with Crippen LogP contribution in [0.25, 0.3) is 0 Å². The topological polar surface area (TPSA) is 67.6 Å². The van der Waals surface area contributed by atoms with Gasteiger partial charge in [0, 0.05) is 52.4 Å². The highest BCUT2D eigenvalue weighted by Gasteiger charge is 2.27. The zero-order valence-electron chi connectivity index (χ0n) is 15.5. The van der Waals surface area contributed by atoms with E-state index in [1.807, 2.05) is 9.80 Å². The van der Waals surface area contributed by atoms with Crippen molar-refractivity contribution in [3.05, 3.63) is 26.5 Å². The zero-order chi connectivity index (χ0) is 18.1. The average molecular weight is 348 g/mol. The summed E-state index contributed by atoms with van der Waals surface area (Å²) in [5.74, 6) is 0.806. The van der Waals surface area contributed by atoms with Gasteiger partial charge in [-0.15, -0.1) is 0 Å². The van der Waals surface area contributed by atoms with Crippen LogP contribution < -0.4 is 16.1 Å². The van der Waals surface area contributed by atoms with Gasteiger partial charge in [-0.25, -0.2) is 4.79 Å². The summed E-state index contributed by atoms with van der Waals surface area (Å²) in [5.41, 5.74) is 0.689. The second-order valence-electron chi connectivity index (χ2n) is 7.36. The van der Waals surface area contributed by atoms with Gasteiger partial charge in [0.1, 0.15) is 5.69 Å². The monoisotopic (exact) mass is 348 g/mol. The number of nitrogens with zero attached hydrogens (tertiary/aromatic N) is 4. The number of rotatable bonds is 3. The minimum atomic E-state index is -0.309. The largest absolute Gasteiger partial charge is 0.362 e. The summed E-state index contributed by atoms with van der Waals surface area (Å²) in [4.78, 5) is 41.0. The quantitative estimate of drug-likeness (QED) is 0.803. The third kappa shape index (κ3) is 3.37. The second-order valence-corrected chi connectivity index (χ2v) is 7.36. The first kappa shape index (κ1) is 17.8. The number of hydrogen-bond donors (Lipinski definition) is 0. The fourth-order valence-electron chi connectivity index (χ4n) is 4.06. The Kier molecular flexibility index (Phi) is 5.01. The Morgan fingerprint density at radius 3 is 2.20 bits per heavy atom. The lowest BCUT2D eigenvalue weighted by molar-refractivity contribution is -0.132. The fourth-order valence-corrected chi connectivity index (χ4v) is 4.06. The highest BCUT2D eigenvalue weighted by atomic mass is 16.2. The van der Waals surface area contributed by atoms with Crippen molar-refractivity contribution in [2.45, 2.75) is 39.0 Å². The van der Waals surface area contributed by atoms with Crippen LogP contribution in [0.15, 0.2) is 9.59 Å². The van der Waals surface area contributed by atoms with E-state index < -0.39 is 0 Å². The van der Waals surface area contributed by atoms with Crippen molar-refractivity contribution in [1.82, 2.24) is 14.0 Å². The lowest BCUT2D eigenvalue weighted by atomic mass is 10.0. The van der Waals surface area contributed by atoms with Gasteiger partial charge in [-0.05, 0) is 25.7 Å². The molecule has 0 spiro atoms. The Labute approximate surface area is 147 Å². The standard InChI is InChI=1S/C18H28N4O3/c1-13-16(17(24)20(3)18(25)19(13)2)22-10-8-21(9-11-22)15(23)12-14-6-4-5-7-14/h14H,4-12H2,1-3H3. The van der Waals surface area contributed by atoms with Gasteiger partial charge in [0.25, 0.3) is 5.56 Å². The van der Waals surface area contributed by atoms with E-state index in [1.54, 1.807) is 14.0 Å². The highest BCUT2D eigenvalue weighted by molar-refractivity contribution is 5.76. The summed E-state index contributed by atoms with van der Waals surface area (Å²) in [6.07, 6.45) is 5.53. The van der Waals surface area contributed by atoms with Crippen LogP contribution in [-0.2, 0) is 18.9 Å². The molecule has 1 amide bonds. The summed E-state index contributed by atoms with van der Waals surface area (Å²) in [5, 5.41) is 0. The maximum Gasteiger partial charge on any atom is 0.330 e. The summed E-state index contributed by atoms with van der Waals surface area (Å²) in [6, 6.07) is 0. The number of aromatic nitrogens is 2. The molecule has 7 heteroatoms. The van der Waals surface area contributed by atoms with E-state index in [-0.39, 0.29) is 17.2 Å². The first-order valence-corrected chi connectivity index (χ1v) is 9.19. The van der Waals surface area contributed by atoms with Gasteiger partial charge in [-0.1, -0.05) is 12.8 Å². The number of carbonyl (C=O) groups excluding carboxylic acids is 1. The molecule has 1 aliphatic heterocycles. The summed E-state index contributed by atoms with van der Waals surface area (Å²) in [6.45, 7) is 4.33. The molecule has 25 heavy (non-hydrogen) atoms. The van der Waals surface area contributed by atoms with Crippen molar-refractivity contribution in [2.75, 3.05) is 31.1 Å². The Balaban J connectivity index is 1.69. The summed E-state index contributed by atoms with van der Waals surface area (Å²) in [7, 11) is 3.19. The van der Waals surface area contributed by atoms with Crippen LogP contribution in [0.3, 0.4) is 0 Å². The zero-order valence-corrected chi connectivity index (χ0v) is 15.5. The molecule has 138 valence electrons. The Hall–Kier alpha value is -2.05. The minimum Gasteiger partial charge on any atom is -0.362 e. The van der Waals surface area contributed by atoms with Crippen molar-refractivity contribution in [3.8, 4) is 0 Å². The van der Waals surface area contributed by atoms with Gasteiger partial charge in [-0.3, -0.25) is 18.7 Å². The van der Waals surface area contributed by atoms with Crippen LogP contribution >= 0.6 is 0 Å². The van der Waals surface area contributed by atoms with E-state index in [0.29, 0.717) is 49.9 Å². The van der Waals surface area contributed by atoms with Gasteiger partial charge in [-0.2, -0.15) is 0 Å². The smallest absolute Gasteiger partial charge is 0.330 e. The molecule has 1 aliphatic carbocycles. The van der Waals surface area contributed by atoms with Crippen molar-refractivity contribution in [1.29, 1.82) is 0 Å². The van der Waals surface area contributed by atoms with Crippen LogP contribution in [0, 0.1) is 12.8 Å². The molecule has 7 nitrogen and oxygen atoms in total. The molecular formula is C18H28N4O3. The van der Waals surface area contributed by atoms with E-state index in [0.717, 1.165) is 4.57 Å². The second kappa shape index (κ2) is 7.06. The third-order valence-corrected chi connectivity index (χ3v) is 5.81. The lowest BCUT2D eigenvalue weighted by Crippen LogP contribution is -2.52. The van der Waals surface area contributed by atoms with Gasteiger partial charge >= 0.3 is 5.69 Å². The number of amides is 1. The fraction of sp³-hybridized carbons (Fsp3) is 0.722. The van der Waals surface area contributed by atoms with E-state index in [4.69, 9.17) is 0 Å². The highest BCUT2D eigenvalue weighted by Crippen LogP contribution is 2.28. The van der Waals surface area contributed by atoms with Crippen molar-refractivity contribution in [2.24, 2.45) is 20.0 Å². The summed E-state index contributed by atoms with van der Waals surface area (Å²) >= 11 is 0. The van der Waals surface area contributed by atoms with Crippen LogP contribution in [0.1, 0.15) is 37.8 Å². The summed E-state index contributed by atoms with van der Waals surface area (Å²) < 4.78 is 2.66. The van der Waals surface area contributed by atoms with Crippen LogP contribution in [0.2, 0.25) is 0 Å². The molecule has 2 aliphatic rings. The molecule has 0 aromatic carbocycles. The van der Waals surface area contributed by atoms with E-state index >= 15 is 0 Å². The Morgan fingerprint density at radius 1 is 1.00 bits per heavy atom. The van der Waals surface area contributed by atoms with Gasteiger partial charge in [0.15, 0.2) is 0 Å². The van der Waals surface area contributed by atoms with Crippen LogP contribution in [0.5, 0.6) is 0 Å². The average Bonchev–Trinajstić information content (AvgIpc) is 3.12. The van der Waals surface area contributed by atoms with E-state index in [2.05, 4.69) is 0 Å². The maximum atomic E-state index is 12.5. The first-order valence-electron chi connectivity index (χ1n) is 9.19. The number of piperazine rings is 1.